The molecule has 4 heteroatoms. The van der Waals surface area contributed by atoms with Crippen molar-refractivity contribution in [2.24, 2.45) is 0 Å². The number of hydrogen-bond acceptors (Lipinski definition) is 3. The molecular weight excluding hydrogens is 302 g/mol. The number of benzene rings is 2. The second kappa shape index (κ2) is 6.89. The molecule has 0 aliphatic heterocycles. The highest BCUT2D eigenvalue weighted by Crippen LogP contribution is 2.26. The Hall–Kier alpha value is -2.59. The van der Waals surface area contributed by atoms with Crippen LogP contribution in [0.4, 0.5) is 0 Å². The van der Waals surface area contributed by atoms with Crippen molar-refractivity contribution in [3.05, 3.63) is 75.6 Å². The fraction of sp³-hybridized carbons (Fsp3) is 0.250. The summed E-state index contributed by atoms with van der Waals surface area (Å²) < 4.78 is 5.24. The lowest BCUT2D eigenvalue weighted by Gasteiger charge is -2.12. The quantitative estimate of drug-likeness (QED) is 0.709. The van der Waals surface area contributed by atoms with Gasteiger partial charge in [0.05, 0.1) is 0 Å². The molecule has 0 radical (unpaired) electrons. The average molecular weight is 324 g/mol. The Bertz CT molecular complexity index is 900. The summed E-state index contributed by atoms with van der Waals surface area (Å²) in [5, 5.41) is 13.1. The molecule has 1 heterocycles. The van der Waals surface area contributed by atoms with Crippen molar-refractivity contribution in [3.63, 3.8) is 0 Å². The van der Waals surface area contributed by atoms with E-state index in [1.54, 1.807) is 12.1 Å². The van der Waals surface area contributed by atoms with E-state index < -0.39 is 0 Å². The molecule has 2 aromatic carbocycles. The molecule has 0 fully saturated rings. The number of aromatic hydroxyl groups is 1. The maximum absolute atomic E-state index is 11.8. The van der Waals surface area contributed by atoms with E-state index in [2.05, 4.69) is 24.4 Å². The van der Waals surface area contributed by atoms with Crippen LogP contribution in [0.1, 0.15) is 36.6 Å². The number of aryl methyl sites for hydroxylation is 1. The second-order valence-electron chi connectivity index (χ2n) is 6.06. The van der Waals surface area contributed by atoms with Crippen LogP contribution < -0.4 is 10.9 Å². The van der Waals surface area contributed by atoms with Gasteiger partial charge in [-0.15, -0.1) is 0 Å². The van der Waals surface area contributed by atoms with E-state index in [-0.39, 0.29) is 17.4 Å². The predicted octanol–water partition coefficient (Wildman–Crippen LogP) is 2.89. The third kappa shape index (κ3) is 3.34. The molecule has 3 aromatic rings. The number of quaternary nitrogens is 1. The Morgan fingerprint density at radius 2 is 1.88 bits per heavy atom. The van der Waals surface area contributed by atoms with E-state index in [0.29, 0.717) is 12.1 Å². The molecule has 124 valence electrons. The predicted molar refractivity (Wildman–Crippen MR) is 94.0 cm³/mol. The first-order chi connectivity index (χ1) is 11.6. The van der Waals surface area contributed by atoms with Gasteiger partial charge in [0, 0.05) is 28.6 Å². The summed E-state index contributed by atoms with van der Waals surface area (Å²) in [5.41, 5.74) is 3.08. The van der Waals surface area contributed by atoms with Crippen LogP contribution in [0.5, 0.6) is 5.75 Å². The molecular formula is C20H22NO3+. The third-order valence-corrected chi connectivity index (χ3v) is 4.43. The lowest BCUT2D eigenvalue weighted by Crippen LogP contribution is -2.83. The van der Waals surface area contributed by atoms with Crippen molar-refractivity contribution in [1.82, 2.24) is 0 Å². The number of phenols is 1. The minimum atomic E-state index is -0.387. The summed E-state index contributed by atoms with van der Waals surface area (Å²) in [5.74, 6) is 0.173. The molecule has 1 atom stereocenters. The summed E-state index contributed by atoms with van der Waals surface area (Å²) in [6.45, 7) is 4.81. The molecule has 0 spiro atoms. The van der Waals surface area contributed by atoms with Gasteiger partial charge in [-0.25, -0.2) is 4.79 Å². The van der Waals surface area contributed by atoms with Gasteiger partial charge in [-0.3, -0.25) is 0 Å². The number of nitrogens with two attached hydrogens (primary N) is 1. The highest BCUT2D eigenvalue weighted by molar-refractivity contribution is 5.82. The Morgan fingerprint density at radius 1 is 1.12 bits per heavy atom. The second-order valence-corrected chi connectivity index (χ2v) is 6.06. The van der Waals surface area contributed by atoms with E-state index in [4.69, 9.17) is 4.42 Å². The molecule has 0 unspecified atom stereocenters. The van der Waals surface area contributed by atoms with Gasteiger partial charge in [0.1, 0.15) is 23.9 Å². The van der Waals surface area contributed by atoms with Crippen molar-refractivity contribution in [3.8, 4) is 5.75 Å². The molecule has 3 rings (SSSR count). The first kappa shape index (κ1) is 16.3. The van der Waals surface area contributed by atoms with E-state index >= 15 is 0 Å². The molecule has 0 saturated carbocycles. The fourth-order valence-corrected chi connectivity index (χ4v) is 2.96. The van der Waals surface area contributed by atoms with Crippen LogP contribution in [0.25, 0.3) is 11.0 Å². The molecule has 1 aromatic heterocycles. The van der Waals surface area contributed by atoms with Crippen molar-refractivity contribution < 1.29 is 14.8 Å². The summed E-state index contributed by atoms with van der Waals surface area (Å²) in [4.78, 5) is 11.8. The summed E-state index contributed by atoms with van der Waals surface area (Å²) in [6.07, 6.45) is 0.727. The van der Waals surface area contributed by atoms with Crippen molar-refractivity contribution in [2.45, 2.75) is 32.9 Å². The van der Waals surface area contributed by atoms with E-state index in [1.165, 1.54) is 5.56 Å². The Morgan fingerprint density at radius 3 is 2.58 bits per heavy atom. The zero-order chi connectivity index (χ0) is 17.1. The first-order valence-electron chi connectivity index (χ1n) is 8.25. The molecule has 0 bridgehead atoms. The molecule has 0 aliphatic carbocycles. The van der Waals surface area contributed by atoms with Crippen LogP contribution in [0, 0.1) is 0 Å². The van der Waals surface area contributed by atoms with Gasteiger partial charge < -0.3 is 14.8 Å². The van der Waals surface area contributed by atoms with Crippen molar-refractivity contribution in [2.75, 3.05) is 0 Å². The Balaban J connectivity index is 1.92. The zero-order valence-electron chi connectivity index (χ0n) is 14.0. The van der Waals surface area contributed by atoms with Gasteiger partial charge in [0.2, 0.25) is 0 Å². The van der Waals surface area contributed by atoms with E-state index in [0.717, 1.165) is 22.9 Å². The Kier molecular flexibility index (Phi) is 4.67. The highest BCUT2D eigenvalue weighted by atomic mass is 16.4. The topological polar surface area (TPSA) is 67.0 Å². The minimum Gasteiger partial charge on any atom is -0.508 e. The number of phenolic OH excluding ortho intramolecular Hbond substituents is 1. The summed E-state index contributed by atoms with van der Waals surface area (Å²) >= 11 is 0. The molecule has 0 saturated heterocycles. The number of fused-ring (bicyclic) bond motifs is 1. The monoisotopic (exact) mass is 324 g/mol. The molecule has 0 aliphatic rings. The smallest absolute Gasteiger partial charge is 0.336 e. The van der Waals surface area contributed by atoms with Gasteiger partial charge in [-0.2, -0.15) is 0 Å². The van der Waals surface area contributed by atoms with Crippen molar-refractivity contribution in [1.29, 1.82) is 0 Å². The fourth-order valence-electron chi connectivity index (χ4n) is 2.96. The lowest BCUT2D eigenvalue weighted by molar-refractivity contribution is -0.707. The molecule has 24 heavy (non-hydrogen) atoms. The van der Waals surface area contributed by atoms with E-state index in [1.807, 2.05) is 31.2 Å². The number of hydrogen-bond donors (Lipinski definition) is 2. The maximum Gasteiger partial charge on any atom is 0.336 e. The summed E-state index contributed by atoms with van der Waals surface area (Å²) in [7, 11) is 0. The van der Waals surface area contributed by atoms with Gasteiger partial charge in [-0.1, -0.05) is 37.3 Å². The van der Waals surface area contributed by atoms with Crippen LogP contribution in [-0.4, -0.2) is 5.11 Å². The van der Waals surface area contributed by atoms with Gasteiger partial charge in [-0.05, 0) is 25.0 Å². The van der Waals surface area contributed by atoms with E-state index in [9.17, 15) is 9.90 Å². The van der Waals surface area contributed by atoms with Crippen molar-refractivity contribution >= 4 is 11.0 Å². The Labute approximate surface area is 140 Å². The molecule has 4 nitrogen and oxygen atoms in total. The summed E-state index contributed by atoms with van der Waals surface area (Å²) in [6, 6.07) is 15.6. The lowest BCUT2D eigenvalue weighted by atomic mass is 10.0. The van der Waals surface area contributed by atoms with Crippen LogP contribution in [0.3, 0.4) is 0 Å². The normalized spacial score (nSPS) is 12.4. The molecule has 0 amide bonds. The zero-order valence-corrected chi connectivity index (χ0v) is 14.0. The van der Waals surface area contributed by atoms with Gasteiger partial charge in [0.25, 0.3) is 0 Å². The van der Waals surface area contributed by atoms with Crippen LogP contribution in [0.2, 0.25) is 0 Å². The van der Waals surface area contributed by atoms with Crippen LogP contribution in [0.15, 0.2) is 57.7 Å². The molecule has 3 N–H and O–H groups in total. The maximum atomic E-state index is 11.8. The van der Waals surface area contributed by atoms with Gasteiger partial charge in [0.15, 0.2) is 0 Å². The minimum absolute atomic E-state index is 0.173. The van der Waals surface area contributed by atoms with Crippen LogP contribution in [-0.2, 0) is 13.0 Å². The van der Waals surface area contributed by atoms with Gasteiger partial charge >= 0.3 is 5.63 Å². The SMILES string of the molecule is CCc1cc2c(C[NH2+][C@H](C)c3ccccc3)cc(=O)oc2cc1O. The largest absolute Gasteiger partial charge is 0.508 e. The highest BCUT2D eigenvalue weighted by Gasteiger charge is 2.13. The first-order valence-corrected chi connectivity index (χ1v) is 8.25. The average Bonchev–Trinajstić information content (AvgIpc) is 2.59. The number of rotatable bonds is 5. The van der Waals surface area contributed by atoms with Crippen LogP contribution >= 0.6 is 0 Å². The standard InChI is InChI=1S/C20H21NO3/c1-3-14-9-17-16(10-20(23)24-19(17)11-18(14)22)12-21-13(2)15-7-5-4-6-8-15/h4-11,13,21-22H,3,12H2,1-2H3/p+1/t13-/m1/s1. The third-order valence-electron chi connectivity index (χ3n) is 4.43.